The van der Waals surface area contributed by atoms with E-state index in [0.717, 1.165) is 37.7 Å². The van der Waals surface area contributed by atoms with Gasteiger partial charge in [0.05, 0.1) is 10.9 Å². The first-order valence-corrected chi connectivity index (χ1v) is 8.79. The fourth-order valence-electron chi connectivity index (χ4n) is 2.75. The Morgan fingerprint density at radius 1 is 1.38 bits per heavy atom. The van der Waals surface area contributed by atoms with Crippen LogP contribution in [0.15, 0.2) is 28.3 Å². The number of carbonyl (C=O) groups is 1. The molecule has 0 saturated carbocycles. The van der Waals surface area contributed by atoms with Gasteiger partial charge in [-0.3, -0.25) is 15.2 Å². The fourth-order valence-corrected chi connectivity index (χ4v) is 3.50. The van der Waals surface area contributed by atoms with Gasteiger partial charge in [-0.1, -0.05) is 6.07 Å². The first-order chi connectivity index (χ1) is 12.4. The quantitative estimate of drug-likeness (QED) is 0.349. The third-order valence-electron chi connectivity index (χ3n) is 3.92. The summed E-state index contributed by atoms with van der Waals surface area (Å²) in [6.07, 6.45) is 3.33. The molecule has 1 aromatic carbocycles. The predicted molar refractivity (Wildman–Crippen MR) is 94.5 cm³/mol. The second-order valence-corrected chi connectivity index (χ2v) is 6.81. The summed E-state index contributed by atoms with van der Waals surface area (Å²) in [6.45, 7) is 3.25. The molecule has 2 aromatic rings. The molecule has 1 fully saturated rings. The van der Waals surface area contributed by atoms with Crippen molar-refractivity contribution in [2.75, 3.05) is 18.0 Å². The van der Waals surface area contributed by atoms with Crippen LogP contribution in [0.5, 0.6) is 0 Å². The molecule has 1 aromatic heterocycles. The molecular formula is C16H16N5O4S-. The highest BCUT2D eigenvalue weighted by atomic mass is 32.2. The highest BCUT2D eigenvalue weighted by Gasteiger charge is 2.22. The van der Waals surface area contributed by atoms with Gasteiger partial charge in [0, 0.05) is 24.1 Å². The van der Waals surface area contributed by atoms with Gasteiger partial charge in [-0.15, -0.1) is 5.10 Å². The molecule has 0 spiro atoms. The Hall–Kier alpha value is -2.88. The number of thioether (sulfide) groups is 1. The number of aromatic amines is 1. The largest absolute Gasteiger partial charge is 0.544 e. The number of nitrogens with one attached hydrogen (secondary N) is 1. The zero-order valence-corrected chi connectivity index (χ0v) is 14.8. The number of hydrogen-bond donors (Lipinski definition) is 1. The zero-order valence-electron chi connectivity index (χ0n) is 14.0. The Labute approximate surface area is 153 Å². The molecule has 10 heteroatoms. The van der Waals surface area contributed by atoms with Crippen LogP contribution in [-0.4, -0.2) is 39.2 Å². The van der Waals surface area contributed by atoms with Crippen LogP contribution in [0.25, 0.3) is 6.08 Å². The first-order valence-electron chi connectivity index (χ1n) is 7.97. The molecule has 1 N–H and O–H groups in total. The Kier molecular flexibility index (Phi) is 5.21. The van der Waals surface area contributed by atoms with Crippen molar-refractivity contribution in [2.24, 2.45) is 0 Å². The normalized spacial score (nSPS) is 14.7. The van der Waals surface area contributed by atoms with Crippen molar-refractivity contribution in [1.29, 1.82) is 0 Å². The van der Waals surface area contributed by atoms with Crippen molar-refractivity contribution in [3.05, 3.63) is 44.6 Å². The molecule has 2 heterocycles. The highest BCUT2D eigenvalue weighted by Crippen LogP contribution is 2.33. The molecule has 0 aliphatic carbocycles. The van der Waals surface area contributed by atoms with Crippen molar-refractivity contribution in [3.8, 4) is 0 Å². The van der Waals surface area contributed by atoms with E-state index in [0.29, 0.717) is 17.1 Å². The molecule has 26 heavy (non-hydrogen) atoms. The number of carboxylic acid groups (broad SMARTS) is 1. The standard InChI is InChI=1S/C16H17N5O4S/c1-10-17-16(19-18-10)26-14(15(22)23)9-11-4-5-12(13(8-11)21(24)25)20-6-2-3-7-20/h4-5,8-9H,2-3,6-7H2,1H3,(H,22,23)(H,17,18,19)/p-1/b14-9+. The number of rotatable bonds is 6. The van der Waals surface area contributed by atoms with Crippen LogP contribution in [0.3, 0.4) is 0 Å². The summed E-state index contributed by atoms with van der Waals surface area (Å²) < 4.78 is 0. The lowest BCUT2D eigenvalue weighted by Gasteiger charge is -2.17. The van der Waals surface area contributed by atoms with E-state index in [9.17, 15) is 20.0 Å². The summed E-state index contributed by atoms with van der Waals surface area (Å²) in [5.41, 5.74) is 0.910. The molecule has 136 valence electrons. The van der Waals surface area contributed by atoms with E-state index in [4.69, 9.17) is 0 Å². The third kappa shape index (κ3) is 4.02. The average molecular weight is 374 g/mol. The highest BCUT2D eigenvalue weighted by molar-refractivity contribution is 8.04. The summed E-state index contributed by atoms with van der Waals surface area (Å²) in [4.78, 5) is 28.3. The fraction of sp³-hybridized carbons (Fsp3) is 0.312. The molecular weight excluding hydrogens is 358 g/mol. The Morgan fingerprint density at radius 3 is 2.69 bits per heavy atom. The van der Waals surface area contributed by atoms with Crippen LogP contribution in [0.1, 0.15) is 24.2 Å². The molecule has 1 saturated heterocycles. The lowest BCUT2D eigenvalue weighted by Crippen LogP contribution is -2.23. The molecule has 0 unspecified atom stereocenters. The number of H-pyrrole nitrogens is 1. The molecule has 0 atom stereocenters. The van der Waals surface area contributed by atoms with E-state index in [2.05, 4.69) is 15.2 Å². The average Bonchev–Trinajstić information content (AvgIpc) is 3.26. The molecule has 0 amide bonds. The lowest BCUT2D eigenvalue weighted by molar-refractivity contribution is -0.384. The van der Waals surface area contributed by atoms with Crippen molar-refractivity contribution in [2.45, 2.75) is 24.9 Å². The van der Waals surface area contributed by atoms with Crippen LogP contribution in [-0.2, 0) is 4.79 Å². The molecule has 3 rings (SSSR count). The van der Waals surface area contributed by atoms with Crippen molar-refractivity contribution < 1.29 is 14.8 Å². The minimum Gasteiger partial charge on any atom is -0.544 e. The SMILES string of the molecule is Cc1nc(S/C(=C/c2ccc(N3CCCC3)c([N+](=O)[O-])c2)C(=O)[O-])n[nH]1. The first kappa shape index (κ1) is 17.9. The Morgan fingerprint density at radius 2 is 2.12 bits per heavy atom. The van der Waals surface area contributed by atoms with Crippen LogP contribution < -0.4 is 10.0 Å². The Balaban J connectivity index is 1.93. The maximum absolute atomic E-state index is 11.4. The second kappa shape index (κ2) is 7.56. The molecule has 1 aliphatic heterocycles. The maximum atomic E-state index is 11.4. The van der Waals surface area contributed by atoms with Crippen LogP contribution in [0, 0.1) is 17.0 Å². The number of carbonyl (C=O) groups excluding carboxylic acids is 1. The van der Waals surface area contributed by atoms with Crippen molar-refractivity contribution in [1.82, 2.24) is 15.2 Å². The minimum absolute atomic E-state index is 0.0444. The van der Waals surface area contributed by atoms with Gasteiger partial charge in [-0.05, 0) is 49.2 Å². The van der Waals surface area contributed by atoms with Gasteiger partial charge >= 0.3 is 0 Å². The van der Waals surface area contributed by atoms with E-state index in [1.54, 1.807) is 19.1 Å². The number of nitrogens with zero attached hydrogens (tertiary/aromatic N) is 4. The molecule has 0 bridgehead atoms. The van der Waals surface area contributed by atoms with Gasteiger partial charge in [0.1, 0.15) is 11.5 Å². The van der Waals surface area contributed by atoms with Crippen molar-refractivity contribution in [3.63, 3.8) is 0 Å². The number of aliphatic carboxylic acids is 1. The monoisotopic (exact) mass is 374 g/mol. The minimum atomic E-state index is -1.40. The maximum Gasteiger partial charge on any atom is 0.293 e. The van der Waals surface area contributed by atoms with Gasteiger partial charge in [-0.2, -0.15) is 0 Å². The molecule has 0 radical (unpaired) electrons. The number of nitro groups is 1. The number of hydrogen-bond acceptors (Lipinski definition) is 8. The van der Waals surface area contributed by atoms with E-state index in [1.807, 2.05) is 4.90 Å². The lowest BCUT2D eigenvalue weighted by atomic mass is 10.1. The van der Waals surface area contributed by atoms with Gasteiger partial charge in [0.25, 0.3) is 5.69 Å². The number of anilines is 1. The zero-order chi connectivity index (χ0) is 18.7. The topological polar surface area (TPSA) is 128 Å². The van der Waals surface area contributed by atoms with Gasteiger partial charge in [0.15, 0.2) is 0 Å². The number of nitro benzene ring substituents is 1. The molecule has 1 aliphatic rings. The van der Waals surface area contributed by atoms with Gasteiger partial charge < -0.3 is 14.8 Å². The van der Waals surface area contributed by atoms with E-state index in [1.165, 1.54) is 12.1 Å². The number of aromatic nitrogens is 3. The number of aryl methyl sites for hydroxylation is 1. The summed E-state index contributed by atoms with van der Waals surface area (Å²) in [5, 5.41) is 29.6. The van der Waals surface area contributed by atoms with Crippen LogP contribution in [0.2, 0.25) is 0 Å². The van der Waals surface area contributed by atoms with E-state index in [-0.39, 0.29) is 15.7 Å². The summed E-state index contributed by atoms with van der Waals surface area (Å²) in [7, 11) is 0. The van der Waals surface area contributed by atoms with Gasteiger partial charge in [-0.25, -0.2) is 4.98 Å². The third-order valence-corrected chi connectivity index (χ3v) is 4.79. The second-order valence-electron chi connectivity index (χ2n) is 5.80. The Bertz CT molecular complexity index is 873. The summed E-state index contributed by atoms with van der Waals surface area (Å²) in [6, 6.07) is 4.69. The number of carboxylic acids is 1. The number of benzene rings is 1. The predicted octanol–water partition coefficient (Wildman–Crippen LogP) is 1.50. The smallest absolute Gasteiger partial charge is 0.293 e. The van der Waals surface area contributed by atoms with E-state index >= 15 is 0 Å². The summed E-state index contributed by atoms with van der Waals surface area (Å²) in [5.74, 6) is -0.848. The van der Waals surface area contributed by atoms with Crippen LogP contribution in [0.4, 0.5) is 11.4 Å². The van der Waals surface area contributed by atoms with Gasteiger partial charge in [0.2, 0.25) is 5.16 Å². The van der Waals surface area contributed by atoms with E-state index < -0.39 is 10.9 Å². The van der Waals surface area contributed by atoms with Crippen molar-refractivity contribution >= 4 is 35.2 Å². The molecule has 9 nitrogen and oxygen atoms in total. The summed E-state index contributed by atoms with van der Waals surface area (Å²) >= 11 is 0.822. The van der Waals surface area contributed by atoms with Crippen LogP contribution >= 0.6 is 11.8 Å².